The highest BCUT2D eigenvalue weighted by Gasteiger charge is 2.29. The standard InChI is InChI=1S/C14H16N4O/c1-10-6-5-9-12(16-10)13(17-18-15)14(19)11-7-3-2-4-8-11/h2-4,7-8,12-13H,5-6,9H2,1H3/t12-,13-/m1/s1. The van der Waals surface area contributed by atoms with Gasteiger partial charge < -0.3 is 0 Å². The SMILES string of the molecule is CC1=N[C@@H]([C@@H](N=[N+]=[N-])C(=O)c2ccccc2)CCC1. The highest BCUT2D eigenvalue weighted by atomic mass is 16.1. The summed E-state index contributed by atoms with van der Waals surface area (Å²) in [7, 11) is 0. The van der Waals surface area contributed by atoms with E-state index >= 15 is 0 Å². The van der Waals surface area contributed by atoms with Crippen molar-refractivity contribution in [3.8, 4) is 0 Å². The van der Waals surface area contributed by atoms with Gasteiger partial charge in [-0.3, -0.25) is 9.79 Å². The minimum Gasteiger partial charge on any atom is -0.294 e. The summed E-state index contributed by atoms with van der Waals surface area (Å²) in [6.07, 6.45) is 2.73. The Morgan fingerprint density at radius 2 is 2.21 bits per heavy atom. The summed E-state index contributed by atoms with van der Waals surface area (Å²) in [4.78, 5) is 19.7. The van der Waals surface area contributed by atoms with E-state index in [1.165, 1.54) is 0 Å². The fourth-order valence-electron chi connectivity index (χ4n) is 2.34. The molecule has 0 amide bonds. The molecule has 5 nitrogen and oxygen atoms in total. The Labute approximate surface area is 112 Å². The van der Waals surface area contributed by atoms with Gasteiger partial charge in [-0.15, -0.1) is 0 Å². The predicted octanol–water partition coefficient (Wildman–Crippen LogP) is 3.56. The largest absolute Gasteiger partial charge is 0.294 e. The van der Waals surface area contributed by atoms with Crippen molar-refractivity contribution in [3.63, 3.8) is 0 Å². The highest BCUT2D eigenvalue weighted by molar-refractivity contribution is 6.01. The van der Waals surface area contributed by atoms with E-state index in [2.05, 4.69) is 15.0 Å². The molecule has 19 heavy (non-hydrogen) atoms. The zero-order valence-electron chi connectivity index (χ0n) is 10.9. The number of carbonyl (C=O) groups excluding carboxylic acids is 1. The molecular formula is C14H16N4O. The van der Waals surface area contributed by atoms with Crippen molar-refractivity contribution in [2.75, 3.05) is 0 Å². The van der Waals surface area contributed by atoms with Crippen LogP contribution >= 0.6 is 0 Å². The molecule has 0 aromatic heterocycles. The number of Topliss-reactive ketones (excluding diaryl/α,β-unsaturated/α-hetero) is 1. The van der Waals surface area contributed by atoms with Gasteiger partial charge in [0.2, 0.25) is 0 Å². The van der Waals surface area contributed by atoms with Gasteiger partial charge in [-0.1, -0.05) is 35.4 Å². The van der Waals surface area contributed by atoms with E-state index in [4.69, 9.17) is 5.53 Å². The van der Waals surface area contributed by atoms with Crippen LogP contribution in [0.1, 0.15) is 36.5 Å². The summed E-state index contributed by atoms with van der Waals surface area (Å²) in [6.45, 7) is 1.95. The molecule has 0 N–H and O–H groups in total. The molecule has 2 atom stereocenters. The van der Waals surface area contributed by atoms with E-state index in [9.17, 15) is 4.79 Å². The minimum atomic E-state index is -0.734. The molecule has 0 saturated carbocycles. The van der Waals surface area contributed by atoms with E-state index in [0.29, 0.717) is 5.56 Å². The quantitative estimate of drug-likeness (QED) is 0.351. The molecule has 2 rings (SSSR count). The summed E-state index contributed by atoms with van der Waals surface area (Å²) in [5.74, 6) is -0.151. The predicted molar refractivity (Wildman–Crippen MR) is 74.5 cm³/mol. The maximum Gasteiger partial charge on any atom is 0.173 e. The van der Waals surface area contributed by atoms with Gasteiger partial charge in [0.1, 0.15) is 6.04 Å². The average Bonchev–Trinajstić information content (AvgIpc) is 2.45. The molecule has 1 aromatic rings. The normalized spacial score (nSPS) is 20.1. The maximum atomic E-state index is 12.4. The van der Waals surface area contributed by atoms with Crippen LogP contribution < -0.4 is 0 Å². The summed E-state index contributed by atoms with van der Waals surface area (Å²) in [6, 6.07) is 7.97. The Bertz CT molecular complexity index is 532. The Morgan fingerprint density at radius 1 is 1.47 bits per heavy atom. The lowest BCUT2D eigenvalue weighted by atomic mass is 9.92. The lowest BCUT2D eigenvalue weighted by molar-refractivity contribution is 0.0947. The molecular weight excluding hydrogens is 240 g/mol. The number of rotatable bonds is 4. The lowest BCUT2D eigenvalue weighted by Crippen LogP contribution is -2.33. The van der Waals surface area contributed by atoms with E-state index in [1.54, 1.807) is 24.3 Å². The number of ketones is 1. The van der Waals surface area contributed by atoms with Crippen LogP contribution in [-0.4, -0.2) is 23.6 Å². The van der Waals surface area contributed by atoms with Crippen LogP contribution in [0.4, 0.5) is 0 Å². The molecule has 0 aliphatic carbocycles. The number of aliphatic imine (C=N–C) groups is 1. The smallest absolute Gasteiger partial charge is 0.173 e. The average molecular weight is 256 g/mol. The molecule has 0 saturated heterocycles. The van der Waals surface area contributed by atoms with Crippen molar-refractivity contribution in [3.05, 3.63) is 46.3 Å². The molecule has 5 heteroatoms. The Hall–Kier alpha value is -2.13. The second kappa shape index (κ2) is 6.16. The number of azide groups is 1. The monoisotopic (exact) mass is 256 g/mol. The van der Waals surface area contributed by atoms with Crippen molar-refractivity contribution >= 4 is 11.5 Å². The van der Waals surface area contributed by atoms with E-state index in [-0.39, 0.29) is 11.8 Å². The fourth-order valence-corrected chi connectivity index (χ4v) is 2.34. The van der Waals surface area contributed by atoms with Crippen LogP contribution in [-0.2, 0) is 0 Å². The van der Waals surface area contributed by atoms with E-state index in [1.807, 2.05) is 13.0 Å². The summed E-state index contributed by atoms with van der Waals surface area (Å²) in [5.41, 5.74) is 10.3. The van der Waals surface area contributed by atoms with Gasteiger partial charge >= 0.3 is 0 Å². The van der Waals surface area contributed by atoms with Crippen LogP contribution in [0.15, 0.2) is 40.4 Å². The summed E-state index contributed by atoms with van der Waals surface area (Å²) in [5, 5.41) is 3.68. The number of hydrogen-bond donors (Lipinski definition) is 0. The first-order chi connectivity index (χ1) is 9.22. The van der Waals surface area contributed by atoms with Crippen molar-refractivity contribution in [1.29, 1.82) is 0 Å². The van der Waals surface area contributed by atoms with Crippen LogP contribution in [0, 0.1) is 0 Å². The first-order valence-electron chi connectivity index (χ1n) is 6.39. The third kappa shape index (κ3) is 3.20. The van der Waals surface area contributed by atoms with Crippen LogP contribution in [0.2, 0.25) is 0 Å². The van der Waals surface area contributed by atoms with Crippen LogP contribution in [0.3, 0.4) is 0 Å². The Kier molecular flexibility index (Phi) is 4.31. The number of carbonyl (C=O) groups is 1. The molecule has 98 valence electrons. The molecule has 0 bridgehead atoms. The van der Waals surface area contributed by atoms with Gasteiger partial charge in [0.15, 0.2) is 5.78 Å². The zero-order valence-corrected chi connectivity index (χ0v) is 10.9. The Balaban J connectivity index is 2.28. The van der Waals surface area contributed by atoms with Gasteiger partial charge in [0.25, 0.3) is 0 Å². The van der Waals surface area contributed by atoms with E-state index < -0.39 is 6.04 Å². The molecule has 0 fully saturated rings. The number of benzene rings is 1. The second-order valence-electron chi connectivity index (χ2n) is 4.70. The molecule has 0 unspecified atom stereocenters. The summed E-state index contributed by atoms with van der Waals surface area (Å²) >= 11 is 0. The maximum absolute atomic E-state index is 12.4. The fraction of sp³-hybridized carbons (Fsp3) is 0.429. The van der Waals surface area contributed by atoms with Gasteiger partial charge in [-0.05, 0) is 31.7 Å². The van der Waals surface area contributed by atoms with Crippen molar-refractivity contribution < 1.29 is 4.79 Å². The van der Waals surface area contributed by atoms with Crippen LogP contribution in [0.25, 0.3) is 10.4 Å². The first kappa shape index (κ1) is 13.3. The topological polar surface area (TPSA) is 78.2 Å². The molecule has 1 aliphatic heterocycles. The number of nitrogens with zero attached hydrogens (tertiary/aromatic N) is 4. The summed E-state index contributed by atoms with van der Waals surface area (Å²) < 4.78 is 0. The van der Waals surface area contributed by atoms with Gasteiger partial charge in [0, 0.05) is 16.2 Å². The molecule has 0 spiro atoms. The zero-order chi connectivity index (χ0) is 13.7. The molecule has 0 radical (unpaired) electrons. The minimum absolute atomic E-state index is 0.151. The molecule has 1 heterocycles. The lowest BCUT2D eigenvalue weighted by Gasteiger charge is -2.23. The highest BCUT2D eigenvalue weighted by Crippen LogP contribution is 2.21. The molecule has 1 aromatic carbocycles. The first-order valence-corrected chi connectivity index (χ1v) is 6.39. The number of hydrogen-bond acceptors (Lipinski definition) is 3. The van der Waals surface area contributed by atoms with E-state index in [0.717, 1.165) is 25.0 Å². The van der Waals surface area contributed by atoms with Crippen molar-refractivity contribution in [2.45, 2.75) is 38.3 Å². The van der Waals surface area contributed by atoms with Crippen molar-refractivity contribution in [1.82, 2.24) is 0 Å². The second-order valence-corrected chi connectivity index (χ2v) is 4.70. The third-order valence-electron chi connectivity index (χ3n) is 3.29. The van der Waals surface area contributed by atoms with Crippen LogP contribution in [0.5, 0.6) is 0 Å². The van der Waals surface area contributed by atoms with Gasteiger partial charge in [0.05, 0.1) is 6.04 Å². The Morgan fingerprint density at radius 3 is 2.84 bits per heavy atom. The molecule has 1 aliphatic rings. The van der Waals surface area contributed by atoms with Crippen molar-refractivity contribution in [2.24, 2.45) is 10.1 Å². The van der Waals surface area contributed by atoms with Gasteiger partial charge in [-0.25, -0.2) is 0 Å². The van der Waals surface area contributed by atoms with Gasteiger partial charge in [-0.2, -0.15) is 0 Å². The third-order valence-corrected chi connectivity index (χ3v) is 3.29.